The molecule has 0 aliphatic carbocycles. The fraction of sp³-hybridized carbons (Fsp3) is 0.800. The molecule has 0 saturated heterocycles. The minimum Gasteiger partial charge on any atom is -0.394 e. The Hall–Kier alpha value is -0.123. The summed E-state index contributed by atoms with van der Waals surface area (Å²) in [6.07, 6.45) is 2.18. The van der Waals surface area contributed by atoms with Gasteiger partial charge in [0.25, 0.3) is 0 Å². The molecule has 0 N–H and O–H groups in total. The second-order valence-corrected chi connectivity index (χ2v) is 5.79. The number of rotatable bonds is 5. The van der Waals surface area contributed by atoms with E-state index < -0.39 is 9.28 Å². The molecule has 0 atom stereocenters. The molecule has 3 heteroatoms. The van der Waals surface area contributed by atoms with Crippen LogP contribution < -0.4 is 0 Å². The molecule has 78 valence electrons. The van der Waals surface area contributed by atoms with E-state index in [0.29, 0.717) is 0 Å². The van der Waals surface area contributed by atoms with Gasteiger partial charge < -0.3 is 8.85 Å². The Balaban J connectivity index is 4.00. The normalized spacial score (nSPS) is 13.1. The van der Waals surface area contributed by atoms with Crippen LogP contribution in [0.2, 0.25) is 0 Å². The highest BCUT2D eigenvalue weighted by Crippen LogP contribution is 2.14. The van der Waals surface area contributed by atoms with Crippen molar-refractivity contribution in [1.29, 1.82) is 0 Å². The first-order chi connectivity index (χ1) is 5.99. The topological polar surface area (TPSA) is 18.5 Å². The molecular formula is C10H22O2Si. The molecule has 0 aromatic heterocycles. The molecule has 0 aromatic carbocycles. The van der Waals surface area contributed by atoms with Crippen LogP contribution in [0.25, 0.3) is 0 Å². The zero-order chi connectivity index (χ0) is 10.3. The van der Waals surface area contributed by atoms with Crippen molar-refractivity contribution in [2.75, 3.05) is 13.2 Å². The van der Waals surface area contributed by atoms with Crippen molar-refractivity contribution < 1.29 is 8.85 Å². The third-order valence-corrected chi connectivity index (χ3v) is 3.25. The summed E-state index contributed by atoms with van der Waals surface area (Å²) in [5, 5.41) is 0. The molecule has 0 saturated carbocycles. The minimum absolute atomic E-state index is 0.222. The molecule has 0 unspecified atom stereocenters. The molecule has 0 rings (SSSR count). The highest BCUT2D eigenvalue weighted by molar-refractivity contribution is 6.50. The summed E-state index contributed by atoms with van der Waals surface area (Å²) in [4.78, 5) is 0. The monoisotopic (exact) mass is 202 g/mol. The van der Waals surface area contributed by atoms with Crippen molar-refractivity contribution in [1.82, 2.24) is 0 Å². The van der Waals surface area contributed by atoms with Crippen molar-refractivity contribution in [3.63, 3.8) is 0 Å². The Morgan fingerprint density at radius 3 is 1.85 bits per heavy atom. The third-order valence-electron chi connectivity index (χ3n) is 1.42. The highest BCUT2D eigenvalue weighted by Gasteiger charge is 2.10. The van der Waals surface area contributed by atoms with Crippen LogP contribution in [0.15, 0.2) is 11.8 Å². The third kappa shape index (κ3) is 8.21. The van der Waals surface area contributed by atoms with Gasteiger partial charge in [-0.15, -0.1) is 0 Å². The second kappa shape index (κ2) is 6.35. The summed E-state index contributed by atoms with van der Waals surface area (Å²) < 4.78 is 11.0. The fourth-order valence-corrected chi connectivity index (χ4v) is 2.56. The van der Waals surface area contributed by atoms with Gasteiger partial charge in [-0.3, -0.25) is 0 Å². The molecular weight excluding hydrogens is 180 g/mol. The molecule has 0 radical (unpaired) electrons. The van der Waals surface area contributed by atoms with Gasteiger partial charge in [-0.2, -0.15) is 0 Å². The van der Waals surface area contributed by atoms with E-state index in [-0.39, 0.29) is 5.41 Å². The quantitative estimate of drug-likeness (QED) is 0.637. The van der Waals surface area contributed by atoms with Gasteiger partial charge in [-0.25, -0.2) is 0 Å². The number of hydrogen-bond donors (Lipinski definition) is 0. The van der Waals surface area contributed by atoms with Crippen LogP contribution >= 0.6 is 0 Å². The maximum absolute atomic E-state index is 5.51. The van der Waals surface area contributed by atoms with Crippen LogP contribution in [0.3, 0.4) is 0 Å². The predicted molar refractivity (Wildman–Crippen MR) is 59.0 cm³/mol. The average Bonchev–Trinajstić information content (AvgIpc) is 2.00. The van der Waals surface area contributed by atoms with E-state index in [1.165, 1.54) is 0 Å². The van der Waals surface area contributed by atoms with E-state index in [0.717, 1.165) is 13.2 Å². The number of allylic oxidation sites excluding steroid dienone is 1. The molecule has 2 nitrogen and oxygen atoms in total. The summed E-state index contributed by atoms with van der Waals surface area (Å²) >= 11 is 0. The van der Waals surface area contributed by atoms with E-state index in [1.807, 2.05) is 13.8 Å². The molecule has 0 bridgehead atoms. The van der Waals surface area contributed by atoms with Gasteiger partial charge in [0.2, 0.25) is 0 Å². The van der Waals surface area contributed by atoms with Crippen LogP contribution in [0.4, 0.5) is 0 Å². The number of hydrogen-bond acceptors (Lipinski definition) is 2. The van der Waals surface area contributed by atoms with E-state index in [1.54, 1.807) is 0 Å². The van der Waals surface area contributed by atoms with Gasteiger partial charge in [0.05, 0.1) is 0 Å². The fourth-order valence-electron chi connectivity index (χ4n) is 0.855. The van der Waals surface area contributed by atoms with Gasteiger partial charge in [0, 0.05) is 13.2 Å². The minimum atomic E-state index is -1.51. The van der Waals surface area contributed by atoms with E-state index in [2.05, 4.69) is 32.5 Å². The average molecular weight is 202 g/mol. The molecule has 0 spiro atoms. The lowest BCUT2D eigenvalue weighted by Gasteiger charge is -2.15. The van der Waals surface area contributed by atoms with Crippen LogP contribution in [0.1, 0.15) is 34.6 Å². The molecule has 0 aliphatic rings. The maximum Gasteiger partial charge on any atom is 0.348 e. The molecule has 0 fully saturated rings. The zero-order valence-electron chi connectivity index (χ0n) is 9.46. The van der Waals surface area contributed by atoms with E-state index >= 15 is 0 Å². The van der Waals surface area contributed by atoms with Crippen molar-refractivity contribution in [2.45, 2.75) is 34.6 Å². The van der Waals surface area contributed by atoms with Gasteiger partial charge in [-0.05, 0) is 25.0 Å². The Kier molecular flexibility index (Phi) is 6.29. The Bertz CT molecular complexity index is 143. The van der Waals surface area contributed by atoms with Crippen molar-refractivity contribution in [3.05, 3.63) is 11.8 Å². The molecule has 0 heterocycles. The Labute approximate surface area is 83.8 Å². The Morgan fingerprint density at radius 1 is 1.08 bits per heavy atom. The van der Waals surface area contributed by atoms with Crippen molar-refractivity contribution in [2.24, 2.45) is 5.41 Å². The van der Waals surface area contributed by atoms with Gasteiger partial charge >= 0.3 is 9.28 Å². The van der Waals surface area contributed by atoms with Crippen LogP contribution in [-0.4, -0.2) is 22.5 Å². The summed E-state index contributed by atoms with van der Waals surface area (Å²) in [5.74, 6) is 0. The smallest absolute Gasteiger partial charge is 0.348 e. The van der Waals surface area contributed by atoms with Gasteiger partial charge in [-0.1, -0.05) is 26.8 Å². The summed E-state index contributed by atoms with van der Waals surface area (Å²) in [6.45, 7) is 12.0. The van der Waals surface area contributed by atoms with Gasteiger partial charge in [0.1, 0.15) is 0 Å². The van der Waals surface area contributed by atoms with Gasteiger partial charge in [0.15, 0.2) is 0 Å². The summed E-state index contributed by atoms with van der Waals surface area (Å²) in [6, 6.07) is 0. The largest absolute Gasteiger partial charge is 0.394 e. The SMILES string of the molecule is CCO[SiH](C=CC(C)(C)C)OCC. The molecule has 0 amide bonds. The van der Waals surface area contributed by atoms with E-state index in [4.69, 9.17) is 8.85 Å². The molecule has 13 heavy (non-hydrogen) atoms. The van der Waals surface area contributed by atoms with Crippen LogP contribution in [-0.2, 0) is 8.85 Å². The lowest BCUT2D eigenvalue weighted by Crippen LogP contribution is -2.21. The first-order valence-electron chi connectivity index (χ1n) is 4.92. The lowest BCUT2D eigenvalue weighted by molar-refractivity contribution is 0.224. The van der Waals surface area contributed by atoms with Crippen molar-refractivity contribution in [3.8, 4) is 0 Å². The van der Waals surface area contributed by atoms with Crippen LogP contribution in [0, 0.1) is 5.41 Å². The van der Waals surface area contributed by atoms with Crippen LogP contribution in [0.5, 0.6) is 0 Å². The first kappa shape index (κ1) is 12.9. The lowest BCUT2D eigenvalue weighted by atomic mass is 9.98. The molecule has 0 aliphatic heterocycles. The van der Waals surface area contributed by atoms with Crippen molar-refractivity contribution >= 4 is 9.28 Å². The van der Waals surface area contributed by atoms with E-state index in [9.17, 15) is 0 Å². The summed E-state index contributed by atoms with van der Waals surface area (Å²) in [5.41, 5.74) is 2.34. The Morgan fingerprint density at radius 2 is 1.54 bits per heavy atom. The maximum atomic E-state index is 5.51. The zero-order valence-corrected chi connectivity index (χ0v) is 10.6. The first-order valence-corrected chi connectivity index (χ1v) is 6.53. The standard InChI is InChI=1S/C10H22O2Si/c1-6-11-13(12-7-2)9-8-10(3,4)5/h8-9,13H,6-7H2,1-5H3. The summed E-state index contributed by atoms with van der Waals surface area (Å²) in [7, 11) is -1.51. The highest BCUT2D eigenvalue weighted by atomic mass is 28.3. The predicted octanol–water partition coefficient (Wildman–Crippen LogP) is 2.42. The molecule has 0 aromatic rings. The second-order valence-electron chi connectivity index (χ2n) is 4.00.